The van der Waals surface area contributed by atoms with Gasteiger partial charge in [-0.25, -0.2) is 4.79 Å². The third-order valence-corrected chi connectivity index (χ3v) is 4.69. The number of carbonyl (C=O) groups excluding carboxylic acids is 3. The molecule has 0 aliphatic carbocycles. The third-order valence-electron chi connectivity index (χ3n) is 4.69. The van der Waals surface area contributed by atoms with Crippen molar-refractivity contribution in [3.8, 4) is 0 Å². The summed E-state index contributed by atoms with van der Waals surface area (Å²) in [6.45, 7) is 9.78. The highest BCUT2D eigenvalue weighted by Gasteiger charge is 2.28. The van der Waals surface area contributed by atoms with Gasteiger partial charge in [0.2, 0.25) is 5.91 Å². The molecule has 0 aromatic carbocycles. The summed E-state index contributed by atoms with van der Waals surface area (Å²) in [5, 5.41) is 0. The highest BCUT2D eigenvalue weighted by Crippen LogP contribution is 2.19. The molecule has 2 amide bonds. The van der Waals surface area contributed by atoms with E-state index in [9.17, 15) is 14.4 Å². The van der Waals surface area contributed by atoms with Crippen LogP contribution in [0.25, 0.3) is 0 Å². The molecular weight excluding hydrogens is 360 g/mol. The molecular formula is C21H32N2O5. The van der Waals surface area contributed by atoms with Gasteiger partial charge < -0.3 is 19.3 Å². The van der Waals surface area contributed by atoms with E-state index in [2.05, 4.69) is 0 Å². The number of ether oxygens (including phenoxy) is 2. The van der Waals surface area contributed by atoms with Crippen molar-refractivity contribution in [2.24, 2.45) is 5.92 Å². The van der Waals surface area contributed by atoms with Crippen molar-refractivity contribution in [2.45, 2.75) is 52.6 Å². The minimum atomic E-state index is -0.511. The number of esters is 1. The number of hydrogen-bond donors (Lipinski definition) is 0. The molecule has 0 unspecified atom stereocenters. The minimum absolute atomic E-state index is 0.0931. The maximum absolute atomic E-state index is 12.5. The van der Waals surface area contributed by atoms with Gasteiger partial charge in [-0.2, -0.15) is 0 Å². The topological polar surface area (TPSA) is 76.2 Å². The van der Waals surface area contributed by atoms with E-state index in [0.29, 0.717) is 39.2 Å². The molecule has 7 nitrogen and oxygen atoms in total. The summed E-state index contributed by atoms with van der Waals surface area (Å²) in [7, 11) is 0. The zero-order valence-corrected chi connectivity index (χ0v) is 17.4. The average molecular weight is 392 g/mol. The van der Waals surface area contributed by atoms with Crippen molar-refractivity contribution in [2.75, 3.05) is 32.8 Å². The summed E-state index contributed by atoms with van der Waals surface area (Å²) in [5.41, 5.74) is 0.510. The van der Waals surface area contributed by atoms with Gasteiger partial charge >= 0.3 is 12.1 Å². The van der Waals surface area contributed by atoms with Gasteiger partial charge in [0, 0.05) is 32.3 Å². The first-order chi connectivity index (χ1) is 13.2. The van der Waals surface area contributed by atoms with E-state index in [0.717, 1.165) is 18.4 Å². The molecule has 2 rings (SSSR count). The van der Waals surface area contributed by atoms with Gasteiger partial charge in [0.15, 0.2) is 0 Å². The van der Waals surface area contributed by atoms with Gasteiger partial charge in [-0.05, 0) is 52.5 Å². The molecule has 0 saturated carbocycles. The molecule has 28 heavy (non-hydrogen) atoms. The monoisotopic (exact) mass is 392 g/mol. The molecule has 2 aliphatic heterocycles. The van der Waals surface area contributed by atoms with E-state index in [1.165, 1.54) is 0 Å². The molecule has 7 heteroatoms. The molecule has 0 aromatic heterocycles. The molecule has 1 atom stereocenters. The van der Waals surface area contributed by atoms with Gasteiger partial charge in [0.25, 0.3) is 0 Å². The Hall–Kier alpha value is -2.31. The van der Waals surface area contributed by atoms with Crippen LogP contribution in [-0.4, -0.2) is 66.2 Å². The van der Waals surface area contributed by atoms with Crippen molar-refractivity contribution < 1.29 is 23.9 Å². The predicted octanol–water partition coefficient (Wildman–Crippen LogP) is 2.91. The molecule has 0 spiro atoms. The first kappa shape index (κ1) is 22.0. The maximum Gasteiger partial charge on any atom is 0.410 e. The Morgan fingerprint density at radius 1 is 1.21 bits per heavy atom. The molecule has 156 valence electrons. The summed E-state index contributed by atoms with van der Waals surface area (Å²) in [6, 6.07) is 0. The van der Waals surface area contributed by atoms with Crippen LogP contribution in [0.2, 0.25) is 0 Å². The smallest absolute Gasteiger partial charge is 0.410 e. The molecule has 1 saturated heterocycles. The Labute approximate surface area is 167 Å². The SMILES string of the molecule is CCOC(=O)[C@@H]1CCCN(C(=O)C=CC2=CCN(C(=O)OC(C)(C)C)CC2)C1. The maximum atomic E-state index is 12.5. The molecule has 1 fully saturated rings. The second-order valence-electron chi connectivity index (χ2n) is 8.16. The summed E-state index contributed by atoms with van der Waals surface area (Å²) >= 11 is 0. The summed E-state index contributed by atoms with van der Waals surface area (Å²) < 4.78 is 10.5. The van der Waals surface area contributed by atoms with Crippen LogP contribution in [-0.2, 0) is 19.1 Å². The number of carbonyl (C=O) groups is 3. The molecule has 0 aromatic rings. The van der Waals surface area contributed by atoms with Crippen LogP contribution in [0.5, 0.6) is 0 Å². The van der Waals surface area contributed by atoms with E-state index in [1.807, 2.05) is 32.9 Å². The Morgan fingerprint density at radius 2 is 1.96 bits per heavy atom. The number of allylic oxidation sites excluding steroid dienone is 1. The normalized spacial score (nSPS) is 20.7. The summed E-state index contributed by atoms with van der Waals surface area (Å²) in [5.74, 6) is -0.548. The number of piperidine rings is 1. The van der Waals surface area contributed by atoms with E-state index >= 15 is 0 Å². The molecule has 0 N–H and O–H groups in total. The average Bonchev–Trinajstić information content (AvgIpc) is 2.65. The third kappa shape index (κ3) is 6.69. The first-order valence-electron chi connectivity index (χ1n) is 10.00. The fraction of sp³-hybridized carbons (Fsp3) is 0.667. The number of hydrogen-bond acceptors (Lipinski definition) is 5. The second-order valence-corrected chi connectivity index (χ2v) is 8.16. The highest BCUT2D eigenvalue weighted by molar-refractivity contribution is 5.88. The fourth-order valence-electron chi connectivity index (χ4n) is 3.24. The van der Waals surface area contributed by atoms with Crippen molar-refractivity contribution in [1.82, 2.24) is 9.80 Å². The molecule has 2 heterocycles. The quantitative estimate of drug-likeness (QED) is 0.543. The van der Waals surface area contributed by atoms with Crippen LogP contribution < -0.4 is 0 Å². The van der Waals surface area contributed by atoms with Crippen molar-refractivity contribution in [1.29, 1.82) is 0 Å². The second kappa shape index (κ2) is 9.75. The van der Waals surface area contributed by atoms with Crippen molar-refractivity contribution in [3.05, 3.63) is 23.8 Å². The zero-order chi connectivity index (χ0) is 20.7. The Bertz CT molecular complexity index is 648. The predicted molar refractivity (Wildman–Crippen MR) is 106 cm³/mol. The van der Waals surface area contributed by atoms with Gasteiger partial charge in [-0.1, -0.05) is 12.2 Å². The lowest BCUT2D eigenvalue weighted by Crippen LogP contribution is -2.42. The minimum Gasteiger partial charge on any atom is -0.466 e. The number of amides is 2. The fourth-order valence-corrected chi connectivity index (χ4v) is 3.24. The number of nitrogens with zero attached hydrogens (tertiary/aromatic N) is 2. The molecule has 0 radical (unpaired) electrons. The van der Waals surface area contributed by atoms with Gasteiger partial charge in [-0.3, -0.25) is 9.59 Å². The summed E-state index contributed by atoms with van der Waals surface area (Å²) in [6.07, 6.45) is 7.23. The van der Waals surface area contributed by atoms with Crippen LogP contribution in [0, 0.1) is 5.92 Å². The van der Waals surface area contributed by atoms with Crippen molar-refractivity contribution >= 4 is 18.0 Å². The lowest BCUT2D eigenvalue weighted by molar-refractivity contribution is -0.150. The Morgan fingerprint density at radius 3 is 2.57 bits per heavy atom. The van der Waals surface area contributed by atoms with Crippen LogP contribution in [0.4, 0.5) is 4.79 Å². The van der Waals surface area contributed by atoms with Gasteiger partial charge in [0.05, 0.1) is 12.5 Å². The lowest BCUT2D eigenvalue weighted by Gasteiger charge is -2.31. The molecule has 2 aliphatic rings. The van der Waals surface area contributed by atoms with Crippen molar-refractivity contribution in [3.63, 3.8) is 0 Å². The first-order valence-corrected chi connectivity index (χ1v) is 10.00. The Kier molecular flexibility index (Phi) is 7.66. The highest BCUT2D eigenvalue weighted by atomic mass is 16.6. The van der Waals surface area contributed by atoms with Gasteiger partial charge in [0.1, 0.15) is 5.60 Å². The standard InChI is InChI=1S/C21H32N2O5/c1-5-27-19(25)17-7-6-12-23(15-17)18(24)9-8-16-10-13-22(14-11-16)20(26)28-21(2,3)4/h8-10,17H,5-7,11-15H2,1-4H3/t17-/m1/s1. The zero-order valence-electron chi connectivity index (χ0n) is 17.4. The van der Waals surface area contributed by atoms with Crippen LogP contribution in [0.15, 0.2) is 23.8 Å². The van der Waals surface area contributed by atoms with E-state index in [-0.39, 0.29) is 23.9 Å². The van der Waals surface area contributed by atoms with Crippen LogP contribution in [0.1, 0.15) is 47.0 Å². The summed E-state index contributed by atoms with van der Waals surface area (Å²) in [4.78, 5) is 39.8. The van der Waals surface area contributed by atoms with E-state index in [1.54, 1.807) is 22.8 Å². The van der Waals surface area contributed by atoms with E-state index < -0.39 is 5.60 Å². The molecule has 0 bridgehead atoms. The van der Waals surface area contributed by atoms with Gasteiger partial charge in [-0.15, -0.1) is 0 Å². The van der Waals surface area contributed by atoms with E-state index in [4.69, 9.17) is 9.47 Å². The van der Waals surface area contributed by atoms with Crippen LogP contribution in [0.3, 0.4) is 0 Å². The largest absolute Gasteiger partial charge is 0.466 e. The van der Waals surface area contributed by atoms with Crippen LogP contribution >= 0.6 is 0 Å². The number of rotatable bonds is 4. The Balaban J connectivity index is 1.85. The lowest BCUT2D eigenvalue weighted by atomic mass is 9.98. The number of likely N-dealkylation sites (tertiary alicyclic amines) is 1.